The van der Waals surface area contributed by atoms with Crippen LogP contribution in [0.25, 0.3) is 0 Å². The maximum atomic E-state index is 5.67. The summed E-state index contributed by atoms with van der Waals surface area (Å²) in [5, 5.41) is 6.36. The highest BCUT2D eigenvalue weighted by Gasteiger charge is 2.20. The molecule has 21 heavy (non-hydrogen) atoms. The zero-order valence-electron chi connectivity index (χ0n) is 12.3. The first-order chi connectivity index (χ1) is 10.3. The molecule has 0 aromatic heterocycles. The predicted molar refractivity (Wildman–Crippen MR) is 85.0 cm³/mol. The van der Waals surface area contributed by atoms with E-state index in [-0.39, 0.29) is 0 Å². The number of rotatable bonds is 4. The van der Waals surface area contributed by atoms with Gasteiger partial charge in [0.25, 0.3) is 0 Å². The molecule has 1 aliphatic rings. The second kappa shape index (κ2) is 6.55. The molecule has 1 saturated heterocycles. The highest BCUT2D eigenvalue weighted by molar-refractivity contribution is 6.12. The Kier molecular flexibility index (Phi) is 4.31. The maximum absolute atomic E-state index is 5.67. The van der Waals surface area contributed by atoms with Crippen molar-refractivity contribution in [1.82, 2.24) is 5.06 Å². The Morgan fingerprint density at radius 1 is 1.00 bits per heavy atom. The van der Waals surface area contributed by atoms with Gasteiger partial charge < -0.3 is 0 Å². The number of oxime groups is 1. The smallest absolute Gasteiger partial charge is 0.119 e. The van der Waals surface area contributed by atoms with Gasteiger partial charge in [0.15, 0.2) is 0 Å². The number of nitrogens with zero attached hydrogens (tertiary/aromatic N) is 2. The van der Waals surface area contributed by atoms with Crippen LogP contribution in [0.4, 0.5) is 0 Å². The minimum atomic E-state index is 0.678. The lowest BCUT2D eigenvalue weighted by Gasteiger charge is -2.13. The van der Waals surface area contributed by atoms with Crippen LogP contribution < -0.4 is 0 Å². The second-order valence-electron chi connectivity index (χ2n) is 5.54. The highest BCUT2D eigenvalue weighted by Crippen LogP contribution is 2.17. The molecule has 1 heterocycles. The van der Waals surface area contributed by atoms with Crippen LogP contribution in [0.1, 0.15) is 24.5 Å². The largest absolute Gasteiger partial charge is 0.296 e. The van der Waals surface area contributed by atoms with Crippen molar-refractivity contribution in [1.29, 1.82) is 0 Å². The molecule has 1 aliphatic heterocycles. The van der Waals surface area contributed by atoms with Gasteiger partial charge in [-0.1, -0.05) is 72.7 Å². The van der Waals surface area contributed by atoms with Crippen molar-refractivity contribution in [3.05, 3.63) is 71.8 Å². The summed E-state index contributed by atoms with van der Waals surface area (Å²) in [7, 11) is 0. The molecule has 2 aromatic carbocycles. The molecule has 0 radical (unpaired) electrons. The first kappa shape index (κ1) is 13.8. The third-order valence-corrected chi connectivity index (χ3v) is 3.73. The number of hydrogen-bond acceptors (Lipinski definition) is 3. The van der Waals surface area contributed by atoms with Crippen molar-refractivity contribution in [2.45, 2.75) is 13.3 Å². The van der Waals surface area contributed by atoms with E-state index in [1.165, 1.54) is 6.42 Å². The summed E-state index contributed by atoms with van der Waals surface area (Å²) in [5.74, 6) is 0.678. The van der Waals surface area contributed by atoms with Crippen molar-refractivity contribution in [2.75, 3.05) is 13.1 Å². The lowest BCUT2D eigenvalue weighted by atomic mass is 10.0. The van der Waals surface area contributed by atoms with Crippen LogP contribution in [0, 0.1) is 5.92 Å². The van der Waals surface area contributed by atoms with Gasteiger partial charge in [-0.2, -0.15) is 0 Å². The van der Waals surface area contributed by atoms with Crippen LogP contribution in [0.5, 0.6) is 0 Å². The van der Waals surface area contributed by atoms with E-state index in [9.17, 15) is 0 Å². The Hall–Kier alpha value is -2.13. The first-order valence-corrected chi connectivity index (χ1v) is 7.44. The molecule has 0 saturated carbocycles. The van der Waals surface area contributed by atoms with E-state index in [2.05, 4.69) is 36.3 Å². The number of hydroxylamine groups is 2. The third kappa shape index (κ3) is 3.50. The monoisotopic (exact) mass is 280 g/mol. The van der Waals surface area contributed by atoms with Gasteiger partial charge in [-0.05, 0) is 12.3 Å². The lowest BCUT2D eigenvalue weighted by molar-refractivity contribution is -0.144. The lowest BCUT2D eigenvalue weighted by Crippen LogP contribution is -2.19. The molecule has 1 atom stereocenters. The number of benzene rings is 2. The van der Waals surface area contributed by atoms with E-state index >= 15 is 0 Å². The summed E-state index contributed by atoms with van der Waals surface area (Å²) in [5.41, 5.74) is 3.00. The molecular formula is C18H20N2O. The molecule has 0 bridgehead atoms. The van der Waals surface area contributed by atoms with Crippen molar-refractivity contribution in [3.63, 3.8) is 0 Å². The Morgan fingerprint density at radius 3 is 2.05 bits per heavy atom. The predicted octanol–water partition coefficient (Wildman–Crippen LogP) is 3.71. The fourth-order valence-electron chi connectivity index (χ4n) is 2.53. The molecule has 0 amide bonds. The van der Waals surface area contributed by atoms with Gasteiger partial charge in [-0.3, -0.25) is 4.94 Å². The van der Waals surface area contributed by atoms with Gasteiger partial charge in [0, 0.05) is 24.2 Å². The molecule has 2 aromatic rings. The molecule has 0 aliphatic carbocycles. The standard InChI is InChI=1S/C18H20N2O/c1-15-12-13-20(14-15)21-19-18(16-8-4-2-5-9-16)17-10-6-3-7-11-17/h2-11,15H,12-14H2,1H3/t15-/m0/s1. The van der Waals surface area contributed by atoms with Crippen molar-refractivity contribution < 1.29 is 4.94 Å². The summed E-state index contributed by atoms with van der Waals surface area (Å²) in [4.78, 5) is 5.67. The van der Waals surface area contributed by atoms with Gasteiger partial charge in [0.2, 0.25) is 0 Å². The minimum absolute atomic E-state index is 0.678. The topological polar surface area (TPSA) is 24.8 Å². The summed E-state index contributed by atoms with van der Waals surface area (Å²) >= 11 is 0. The van der Waals surface area contributed by atoms with Gasteiger partial charge in [0.05, 0.1) is 0 Å². The molecule has 108 valence electrons. The van der Waals surface area contributed by atoms with Crippen molar-refractivity contribution in [2.24, 2.45) is 11.1 Å². The maximum Gasteiger partial charge on any atom is 0.119 e. The Labute approximate surface area is 125 Å². The van der Waals surface area contributed by atoms with Gasteiger partial charge in [-0.25, -0.2) is 0 Å². The molecule has 3 nitrogen and oxygen atoms in total. The van der Waals surface area contributed by atoms with Gasteiger partial charge >= 0.3 is 0 Å². The minimum Gasteiger partial charge on any atom is -0.296 e. The Bertz CT molecular complexity index is 554. The zero-order chi connectivity index (χ0) is 14.5. The SMILES string of the molecule is C[C@H]1CCN(ON=C(c2ccccc2)c2ccccc2)C1. The van der Waals surface area contributed by atoms with E-state index in [1.807, 2.05) is 41.5 Å². The molecule has 1 fully saturated rings. The van der Waals surface area contributed by atoms with Crippen LogP contribution in [0.2, 0.25) is 0 Å². The quantitative estimate of drug-likeness (QED) is 0.630. The van der Waals surface area contributed by atoms with Crippen LogP contribution in [0.15, 0.2) is 65.8 Å². The summed E-state index contributed by atoms with van der Waals surface area (Å²) in [6.07, 6.45) is 1.17. The molecular weight excluding hydrogens is 260 g/mol. The average Bonchev–Trinajstić information content (AvgIpc) is 2.95. The summed E-state index contributed by atoms with van der Waals surface area (Å²) < 4.78 is 0. The summed E-state index contributed by atoms with van der Waals surface area (Å²) in [6, 6.07) is 20.3. The van der Waals surface area contributed by atoms with E-state index in [4.69, 9.17) is 4.94 Å². The second-order valence-corrected chi connectivity index (χ2v) is 5.54. The van der Waals surface area contributed by atoms with Crippen LogP contribution in [-0.2, 0) is 4.94 Å². The molecule has 0 spiro atoms. The Morgan fingerprint density at radius 2 is 1.57 bits per heavy atom. The normalized spacial score (nSPS) is 18.4. The highest BCUT2D eigenvalue weighted by atomic mass is 16.8. The van der Waals surface area contributed by atoms with Gasteiger partial charge in [-0.15, -0.1) is 5.06 Å². The van der Waals surface area contributed by atoms with Crippen LogP contribution in [-0.4, -0.2) is 23.9 Å². The van der Waals surface area contributed by atoms with E-state index in [0.717, 1.165) is 29.9 Å². The molecule has 0 N–H and O–H groups in total. The average molecular weight is 280 g/mol. The first-order valence-electron chi connectivity index (χ1n) is 7.44. The van der Waals surface area contributed by atoms with Crippen molar-refractivity contribution in [3.8, 4) is 0 Å². The Balaban J connectivity index is 1.86. The molecule has 3 rings (SSSR count). The van der Waals surface area contributed by atoms with E-state index in [0.29, 0.717) is 5.92 Å². The zero-order valence-corrected chi connectivity index (χ0v) is 12.3. The molecule has 3 heteroatoms. The van der Waals surface area contributed by atoms with Gasteiger partial charge in [0.1, 0.15) is 5.71 Å². The fraction of sp³-hybridized carbons (Fsp3) is 0.278. The summed E-state index contributed by atoms with van der Waals surface area (Å²) in [6.45, 7) is 4.13. The van der Waals surface area contributed by atoms with E-state index in [1.54, 1.807) is 0 Å². The fourth-order valence-corrected chi connectivity index (χ4v) is 2.53. The van der Waals surface area contributed by atoms with E-state index < -0.39 is 0 Å². The van der Waals surface area contributed by atoms with Crippen LogP contribution in [0.3, 0.4) is 0 Å². The van der Waals surface area contributed by atoms with Crippen molar-refractivity contribution >= 4 is 5.71 Å². The molecule has 0 unspecified atom stereocenters. The third-order valence-electron chi connectivity index (χ3n) is 3.73. The number of hydrogen-bond donors (Lipinski definition) is 0. The van der Waals surface area contributed by atoms with Crippen LogP contribution >= 0.6 is 0 Å².